The summed E-state index contributed by atoms with van der Waals surface area (Å²) < 4.78 is 10.8. The Morgan fingerprint density at radius 3 is 2.26 bits per heavy atom. The molecule has 0 unspecified atom stereocenters. The average molecular weight is 264 g/mol. The van der Waals surface area contributed by atoms with Crippen LogP contribution in [0, 0.1) is 0 Å². The van der Waals surface area contributed by atoms with Crippen LogP contribution in [-0.4, -0.2) is 25.3 Å². The molecule has 1 N–H and O–H groups in total. The summed E-state index contributed by atoms with van der Waals surface area (Å²) in [6.07, 6.45) is 2.76. The molecule has 1 aliphatic carbocycles. The number of benzene rings is 1. The van der Waals surface area contributed by atoms with Crippen LogP contribution in [0.4, 0.5) is 0 Å². The van der Waals surface area contributed by atoms with Gasteiger partial charge in [-0.1, -0.05) is 6.92 Å². The van der Waals surface area contributed by atoms with Crippen LogP contribution >= 0.6 is 0 Å². The number of carbonyl (C=O) groups is 1. The summed E-state index contributed by atoms with van der Waals surface area (Å²) in [6, 6.07) is 3.76. The van der Waals surface area contributed by atoms with Crippen molar-refractivity contribution in [1.82, 2.24) is 0 Å². The standard InChI is InChI=1S/C15H20O4/c1-4-10-11(18-2)5-6-12(19-3)14(10)15(7-8-15)9-13(16)17/h5-6H,4,7-9H2,1-3H3,(H,16,17). The summed E-state index contributed by atoms with van der Waals surface area (Å²) in [4.78, 5) is 11.1. The van der Waals surface area contributed by atoms with Crippen LogP contribution in [0.15, 0.2) is 12.1 Å². The van der Waals surface area contributed by atoms with Gasteiger partial charge in [0, 0.05) is 16.5 Å². The Labute approximate surface area is 113 Å². The molecule has 1 saturated carbocycles. The number of methoxy groups -OCH3 is 2. The highest BCUT2D eigenvalue weighted by molar-refractivity contribution is 5.71. The molecule has 0 aromatic heterocycles. The van der Waals surface area contributed by atoms with Gasteiger partial charge in [-0.2, -0.15) is 0 Å². The molecule has 0 saturated heterocycles. The van der Waals surface area contributed by atoms with Gasteiger partial charge >= 0.3 is 5.97 Å². The lowest BCUT2D eigenvalue weighted by Crippen LogP contribution is -2.17. The summed E-state index contributed by atoms with van der Waals surface area (Å²) in [7, 11) is 3.27. The SMILES string of the molecule is CCc1c(OC)ccc(OC)c1C1(CC(=O)O)CC1. The van der Waals surface area contributed by atoms with E-state index in [1.807, 2.05) is 12.1 Å². The van der Waals surface area contributed by atoms with E-state index < -0.39 is 5.97 Å². The minimum atomic E-state index is -0.760. The Kier molecular flexibility index (Phi) is 3.69. The minimum absolute atomic E-state index is 0.156. The molecule has 1 aromatic carbocycles. The van der Waals surface area contributed by atoms with E-state index in [-0.39, 0.29) is 11.8 Å². The van der Waals surface area contributed by atoms with Crippen molar-refractivity contribution in [1.29, 1.82) is 0 Å². The lowest BCUT2D eigenvalue weighted by atomic mass is 9.86. The predicted molar refractivity (Wildman–Crippen MR) is 72.1 cm³/mol. The molecular weight excluding hydrogens is 244 g/mol. The lowest BCUT2D eigenvalue weighted by molar-refractivity contribution is -0.137. The first-order chi connectivity index (χ1) is 9.07. The zero-order chi connectivity index (χ0) is 14.0. The van der Waals surface area contributed by atoms with Crippen LogP contribution in [0.2, 0.25) is 0 Å². The summed E-state index contributed by atoms with van der Waals surface area (Å²) in [5.74, 6) is 0.829. The maximum absolute atomic E-state index is 11.1. The van der Waals surface area contributed by atoms with Gasteiger partial charge in [-0.05, 0) is 31.4 Å². The number of ether oxygens (including phenoxy) is 2. The third-order valence-electron chi connectivity index (χ3n) is 3.90. The molecule has 0 atom stereocenters. The first-order valence-corrected chi connectivity index (χ1v) is 6.54. The van der Waals surface area contributed by atoms with Crippen molar-refractivity contribution in [3.63, 3.8) is 0 Å². The highest BCUT2D eigenvalue weighted by Gasteiger charge is 2.49. The smallest absolute Gasteiger partial charge is 0.304 e. The minimum Gasteiger partial charge on any atom is -0.496 e. The molecule has 0 spiro atoms. The molecule has 0 radical (unpaired) electrons. The van der Waals surface area contributed by atoms with Gasteiger partial charge in [0.05, 0.1) is 20.6 Å². The van der Waals surface area contributed by atoms with Crippen molar-refractivity contribution >= 4 is 5.97 Å². The van der Waals surface area contributed by atoms with Crippen LogP contribution in [0.1, 0.15) is 37.3 Å². The van der Waals surface area contributed by atoms with Crippen molar-refractivity contribution in [3.05, 3.63) is 23.3 Å². The Morgan fingerprint density at radius 1 is 1.26 bits per heavy atom. The van der Waals surface area contributed by atoms with E-state index in [1.165, 1.54) is 0 Å². The highest BCUT2D eigenvalue weighted by Crippen LogP contribution is 2.56. The fourth-order valence-corrected chi connectivity index (χ4v) is 2.86. The maximum atomic E-state index is 11.1. The maximum Gasteiger partial charge on any atom is 0.304 e. The van der Waals surface area contributed by atoms with Crippen molar-refractivity contribution in [3.8, 4) is 11.5 Å². The lowest BCUT2D eigenvalue weighted by Gasteiger charge is -2.22. The predicted octanol–water partition coefficient (Wildman–Crippen LogP) is 2.77. The first kappa shape index (κ1) is 13.7. The second-order valence-electron chi connectivity index (χ2n) is 5.03. The van der Waals surface area contributed by atoms with E-state index in [0.717, 1.165) is 41.9 Å². The van der Waals surface area contributed by atoms with Gasteiger partial charge in [-0.15, -0.1) is 0 Å². The van der Waals surface area contributed by atoms with Gasteiger partial charge in [0.2, 0.25) is 0 Å². The van der Waals surface area contributed by atoms with Gasteiger partial charge < -0.3 is 14.6 Å². The third kappa shape index (κ3) is 2.39. The monoisotopic (exact) mass is 264 g/mol. The Morgan fingerprint density at radius 2 is 1.84 bits per heavy atom. The molecule has 19 heavy (non-hydrogen) atoms. The Balaban J connectivity index is 2.56. The number of hydrogen-bond acceptors (Lipinski definition) is 3. The molecule has 4 heteroatoms. The topological polar surface area (TPSA) is 55.8 Å². The summed E-state index contributed by atoms with van der Waals surface area (Å²) in [5.41, 5.74) is 1.83. The highest BCUT2D eigenvalue weighted by atomic mass is 16.5. The summed E-state index contributed by atoms with van der Waals surface area (Å²) in [5, 5.41) is 9.13. The molecule has 2 rings (SSSR count). The van der Waals surface area contributed by atoms with E-state index in [1.54, 1.807) is 14.2 Å². The number of carboxylic acids is 1. The van der Waals surface area contributed by atoms with Gasteiger partial charge in [-0.25, -0.2) is 0 Å². The summed E-state index contributed by atoms with van der Waals surface area (Å²) >= 11 is 0. The Hall–Kier alpha value is -1.71. The van der Waals surface area contributed by atoms with Crippen LogP contribution in [0.5, 0.6) is 11.5 Å². The fraction of sp³-hybridized carbons (Fsp3) is 0.533. The van der Waals surface area contributed by atoms with Crippen molar-refractivity contribution in [2.24, 2.45) is 0 Å². The molecule has 1 aromatic rings. The summed E-state index contributed by atoms with van der Waals surface area (Å²) in [6.45, 7) is 2.05. The van der Waals surface area contributed by atoms with Crippen LogP contribution < -0.4 is 9.47 Å². The number of aliphatic carboxylic acids is 1. The largest absolute Gasteiger partial charge is 0.496 e. The molecule has 1 fully saturated rings. The Bertz CT molecular complexity index is 489. The van der Waals surface area contributed by atoms with Crippen molar-refractivity contribution in [2.75, 3.05) is 14.2 Å². The van der Waals surface area contributed by atoms with E-state index in [9.17, 15) is 4.79 Å². The molecule has 0 aliphatic heterocycles. The quantitative estimate of drug-likeness (QED) is 0.858. The molecule has 0 bridgehead atoms. The second-order valence-corrected chi connectivity index (χ2v) is 5.03. The van der Waals surface area contributed by atoms with E-state index in [0.29, 0.717) is 0 Å². The molecule has 1 aliphatic rings. The average Bonchev–Trinajstić information content (AvgIpc) is 3.16. The van der Waals surface area contributed by atoms with Crippen molar-refractivity contribution in [2.45, 2.75) is 38.0 Å². The van der Waals surface area contributed by atoms with Crippen LogP contribution in [0.25, 0.3) is 0 Å². The van der Waals surface area contributed by atoms with Gasteiger partial charge in [0.25, 0.3) is 0 Å². The first-order valence-electron chi connectivity index (χ1n) is 6.54. The van der Waals surface area contributed by atoms with Crippen LogP contribution in [0.3, 0.4) is 0 Å². The van der Waals surface area contributed by atoms with Gasteiger partial charge in [-0.3, -0.25) is 4.79 Å². The second kappa shape index (κ2) is 5.11. The zero-order valence-corrected chi connectivity index (χ0v) is 11.7. The molecule has 0 heterocycles. The van der Waals surface area contributed by atoms with Crippen LogP contribution in [-0.2, 0) is 16.6 Å². The molecular formula is C15H20O4. The third-order valence-corrected chi connectivity index (χ3v) is 3.90. The van der Waals surface area contributed by atoms with E-state index >= 15 is 0 Å². The van der Waals surface area contributed by atoms with E-state index in [2.05, 4.69) is 6.92 Å². The van der Waals surface area contributed by atoms with Crippen molar-refractivity contribution < 1.29 is 19.4 Å². The number of carboxylic acid groups (broad SMARTS) is 1. The van der Waals surface area contributed by atoms with Gasteiger partial charge in [0.15, 0.2) is 0 Å². The van der Waals surface area contributed by atoms with E-state index in [4.69, 9.17) is 14.6 Å². The zero-order valence-electron chi connectivity index (χ0n) is 11.7. The normalized spacial score (nSPS) is 15.9. The van der Waals surface area contributed by atoms with Gasteiger partial charge in [0.1, 0.15) is 11.5 Å². The number of hydrogen-bond donors (Lipinski definition) is 1. The molecule has 0 amide bonds. The fourth-order valence-electron chi connectivity index (χ4n) is 2.86. The number of rotatable bonds is 6. The molecule has 104 valence electrons. The molecule has 4 nitrogen and oxygen atoms in total.